The van der Waals surface area contributed by atoms with Gasteiger partial charge in [0, 0.05) is 23.0 Å². The smallest absolute Gasteiger partial charge is 0.251 e. The summed E-state index contributed by atoms with van der Waals surface area (Å²) in [6.07, 6.45) is 0. The highest BCUT2D eigenvalue weighted by Crippen LogP contribution is 2.34. The van der Waals surface area contributed by atoms with Crippen molar-refractivity contribution < 1.29 is 17.9 Å². The number of hydrogen-bond acceptors (Lipinski definition) is 7. The third-order valence-corrected chi connectivity index (χ3v) is 7.97. The van der Waals surface area contributed by atoms with E-state index in [1.54, 1.807) is 19.2 Å². The summed E-state index contributed by atoms with van der Waals surface area (Å²) in [6, 6.07) is 14.5. The maximum atomic E-state index is 12.3. The maximum Gasteiger partial charge on any atom is 0.251 e. The molecule has 0 aliphatic carbocycles. The van der Waals surface area contributed by atoms with Crippen molar-refractivity contribution in [2.45, 2.75) is 17.8 Å². The summed E-state index contributed by atoms with van der Waals surface area (Å²) in [6.45, 7) is 0.432. The van der Waals surface area contributed by atoms with E-state index in [0.29, 0.717) is 12.1 Å². The number of benzene rings is 2. The molecule has 29 heavy (non-hydrogen) atoms. The summed E-state index contributed by atoms with van der Waals surface area (Å²) in [5.41, 5.74) is 2.36. The van der Waals surface area contributed by atoms with Crippen molar-refractivity contribution in [1.82, 2.24) is 5.32 Å². The number of nitrogens with one attached hydrogen (secondary N) is 2. The highest BCUT2D eigenvalue weighted by Gasteiger charge is 2.42. The standard InChI is InChI=1S/C20H21N3O4S2/c1-27-16-8-2-13(3-9-16)10-21-19(24)14-4-6-15(7-5-14)22-20-23-17-11-29(25,26)12-18(17)28-20/h2-9,17-18H,10-12H2,1H3,(H,21,24)(H,22,23)/t17-,18-/m1/s1. The average molecular weight is 432 g/mol. The molecule has 4 rings (SSSR count). The number of rotatable bonds is 5. The Morgan fingerprint density at radius 2 is 1.86 bits per heavy atom. The highest BCUT2D eigenvalue weighted by atomic mass is 32.2. The zero-order valence-corrected chi connectivity index (χ0v) is 17.4. The Morgan fingerprint density at radius 1 is 1.14 bits per heavy atom. The van der Waals surface area contributed by atoms with Gasteiger partial charge in [0.1, 0.15) is 5.75 Å². The van der Waals surface area contributed by atoms with Crippen molar-refractivity contribution in [3.8, 4) is 5.75 Å². The molecule has 2 N–H and O–H groups in total. The molecule has 0 aromatic heterocycles. The summed E-state index contributed by atoms with van der Waals surface area (Å²) in [4.78, 5) is 16.8. The molecule has 152 valence electrons. The molecule has 2 atom stereocenters. The predicted octanol–water partition coefficient (Wildman–Crippen LogP) is 2.31. The molecule has 0 bridgehead atoms. The minimum absolute atomic E-state index is 0.00510. The van der Waals surface area contributed by atoms with Crippen molar-refractivity contribution in [1.29, 1.82) is 0 Å². The van der Waals surface area contributed by atoms with E-state index < -0.39 is 9.84 Å². The van der Waals surface area contributed by atoms with Crippen LogP contribution in [0.25, 0.3) is 0 Å². The summed E-state index contributed by atoms with van der Waals surface area (Å²) in [7, 11) is -1.34. The van der Waals surface area contributed by atoms with Gasteiger partial charge in [-0.05, 0) is 42.0 Å². The van der Waals surface area contributed by atoms with Crippen LogP contribution in [0.1, 0.15) is 15.9 Å². The normalized spacial score (nSPS) is 21.9. The van der Waals surface area contributed by atoms with Gasteiger partial charge in [0.05, 0.1) is 24.7 Å². The Kier molecular flexibility index (Phi) is 5.51. The molecule has 2 aliphatic heterocycles. The predicted molar refractivity (Wildman–Crippen MR) is 115 cm³/mol. The van der Waals surface area contributed by atoms with Crippen LogP contribution in [0.4, 0.5) is 5.69 Å². The quantitative estimate of drug-likeness (QED) is 0.754. The van der Waals surface area contributed by atoms with Crippen LogP contribution in [0.3, 0.4) is 0 Å². The second-order valence-corrected chi connectivity index (χ2v) is 10.3. The van der Waals surface area contributed by atoms with Gasteiger partial charge in [-0.2, -0.15) is 0 Å². The van der Waals surface area contributed by atoms with Gasteiger partial charge in [0.2, 0.25) is 0 Å². The fourth-order valence-corrected chi connectivity index (χ4v) is 6.95. The van der Waals surface area contributed by atoms with Crippen LogP contribution in [0.2, 0.25) is 0 Å². The van der Waals surface area contributed by atoms with Crippen LogP contribution in [0, 0.1) is 0 Å². The van der Waals surface area contributed by atoms with Gasteiger partial charge in [-0.25, -0.2) is 8.42 Å². The molecule has 1 amide bonds. The van der Waals surface area contributed by atoms with Gasteiger partial charge in [-0.15, -0.1) is 0 Å². The number of amidine groups is 1. The number of methoxy groups -OCH3 is 1. The molecule has 1 saturated heterocycles. The van der Waals surface area contributed by atoms with E-state index in [2.05, 4.69) is 15.6 Å². The second-order valence-electron chi connectivity index (χ2n) is 6.97. The largest absolute Gasteiger partial charge is 0.497 e. The second kappa shape index (κ2) is 8.08. The van der Waals surface area contributed by atoms with Gasteiger partial charge in [0.25, 0.3) is 5.91 Å². The summed E-state index contributed by atoms with van der Waals surface area (Å²) < 4.78 is 28.4. The Hall–Kier alpha value is -2.52. The van der Waals surface area contributed by atoms with Gasteiger partial charge in [-0.1, -0.05) is 23.9 Å². The molecule has 2 aromatic carbocycles. The number of anilines is 1. The third-order valence-electron chi connectivity index (χ3n) is 4.83. The van der Waals surface area contributed by atoms with Crippen molar-refractivity contribution in [3.05, 3.63) is 59.7 Å². The minimum Gasteiger partial charge on any atom is -0.497 e. The fourth-order valence-electron chi connectivity index (χ4n) is 3.27. The molecule has 7 nitrogen and oxygen atoms in total. The number of amides is 1. The molecule has 2 heterocycles. The molecular formula is C20H21N3O4S2. The van der Waals surface area contributed by atoms with Crippen molar-refractivity contribution in [3.63, 3.8) is 0 Å². The number of carbonyl (C=O) groups is 1. The first-order valence-corrected chi connectivity index (χ1v) is 11.8. The number of carbonyl (C=O) groups excluding carboxylic acids is 1. The first-order chi connectivity index (χ1) is 13.9. The molecule has 0 saturated carbocycles. The number of thioether (sulfide) groups is 1. The molecule has 0 spiro atoms. The Labute approximate surface area is 173 Å². The monoisotopic (exact) mass is 431 g/mol. The Balaban J connectivity index is 1.31. The minimum atomic E-state index is -2.95. The van der Waals surface area contributed by atoms with Crippen LogP contribution < -0.4 is 15.4 Å². The lowest BCUT2D eigenvalue weighted by atomic mass is 10.1. The Morgan fingerprint density at radius 3 is 2.52 bits per heavy atom. The molecule has 2 aliphatic rings. The first-order valence-electron chi connectivity index (χ1n) is 9.15. The van der Waals surface area contributed by atoms with Crippen LogP contribution in [-0.2, 0) is 16.4 Å². The van der Waals surface area contributed by atoms with E-state index in [1.807, 2.05) is 36.4 Å². The zero-order valence-electron chi connectivity index (χ0n) is 15.8. The average Bonchev–Trinajstić information content (AvgIpc) is 3.19. The topological polar surface area (TPSA) is 96.9 Å². The molecule has 1 fully saturated rings. The van der Waals surface area contributed by atoms with E-state index in [9.17, 15) is 13.2 Å². The SMILES string of the molecule is COc1ccc(CNC(=O)c2ccc(NC3=N[C@@H]4CS(=O)(=O)C[C@H]4S3)cc2)cc1. The number of aliphatic imine (C=N–C) groups is 1. The highest BCUT2D eigenvalue weighted by molar-refractivity contribution is 8.15. The summed E-state index contributed by atoms with van der Waals surface area (Å²) in [5.74, 6) is 0.936. The molecular weight excluding hydrogens is 410 g/mol. The molecule has 2 aromatic rings. The van der Waals surface area contributed by atoms with Crippen molar-refractivity contribution in [2.75, 3.05) is 23.9 Å². The third kappa shape index (κ3) is 4.73. The summed E-state index contributed by atoms with van der Waals surface area (Å²) >= 11 is 1.47. The van der Waals surface area contributed by atoms with E-state index in [4.69, 9.17) is 4.74 Å². The van der Waals surface area contributed by atoms with Gasteiger partial charge in [-0.3, -0.25) is 9.79 Å². The zero-order chi connectivity index (χ0) is 20.4. The van der Waals surface area contributed by atoms with Crippen LogP contribution in [0.5, 0.6) is 5.75 Å². The lowest BCUT2D eigenvalue weighted by Gasteiger charge is -2.09. The maximum absolute atomic E-state index is 12.3. The number of nitrogens with zero attached hydrogens (tertiary/aromatic N) is 1. The van der Waals surface area contributed by atoms with Gasteiger partial charge < -0.3 is 15.4 Å². The Bertz CT molecular complexity index is 1030. The fraction of sp³-hybridized carbons (Fsp3) is 0.300. The van der Waals surface area contributed by atoms with E-state index in [-0.39, 0.29) is 28.7 Å². The molecule has 0 radical (unpaired) electrons. The van der Waals surface area contributed by atoms with E-state index >= 15 is 0 Å². The first kappa shape index (κ1) is 19.8. The van der Waals surface area contributed by atoms with Gasteiger partial charge >= 0.3 is 0 Å². The van der Waals surface area contributed by atoms with Crippen LogP contribution in [-0.4, -0.2) is 49.4 Å². The number of ether oxygens (including phenoxy) is 1. The molecule has 9 heteroatoms. The van der Waals surface area contributed by atoms with E-state index in [0.717, 1.165) is 22.2 Å². The number of fused-ring (bicyclic) bond motifs is 1. The lowest BCUT2D eigenvalue weighted by molar-refractivity contribution is 0.0951. The summed E-state index contributed by atoms with van der Waals surface area (Å²) in [5, 5.41) is 6.83. The van der Waals surface area contributed by atoms with Crippen molar-refractivity contribution >= 4 is 38.4 Å². The number of sulfone groups is 1. The number of hydrogen-bond donors (Lipinski definition) is 2. The van der Waals surface area contributed by atoms with Crippen molar-refractivity contribution in [2.24, 2.45) is 4.99 Å². The van der Waals surface area contributed by atoms with E-state index in [1.165, 1.54) is 11.8 Å². The van der Waals surface area contributed by atoms with Crippen LogP contribution >= 0.6 is 11.8 Å². The lowest BCUT2D eigenvalue weighted by Crippen LogP contribution is -2.22. The van der Waals surface area contributed by atoms with Crippen LogP contribution in [0.15, 0.2) is 53.5 Å². The van der Waals surface area contributed by atoms with Gasteiger partial charge in [0.15, 0.2) is 15.0 Å². The molecule has 0 unspecified atom stereocenters.